The quantitative estimate of drug-likeness (QED) is 0.604. The Hall–Kier alpha value is -0.570. The van der Waals surface area contributed by atoms with Crippen molar-refractivity contribution < 1.29 is 9.53 Å². The molecule has 1 rings (SSSR count). The zero-order chi connectivity index (χ0) is 9.90. The lowest BCUT2D eigenvalue weighted by molar-refractivity contribution is -0.147. The van der Waals surface area contributed by atoms with E-state index in [0.717, 1.165) is 32.5 Å². The van der Waals surface area contributed by atoms with E-state index in [0.29, 0.717) is 0 Å². The summed E-state index contributed by atoms with van der Waals surface area (Å²) >= 11 is 0. The maximum absolute atomic E-state index is 11.4. The summed E-state index contributed by atoms with van der Waals surface area (Å²) in [5.74, 6) is -0.0283. The molecule has 0 aromatic rings. The fraction of sp³-hybridized carbons (Fsp3) is 0.900. The van der Waals surface area contributed by atoms with E-state index in [1.807, 2.05) is 0 Å². The van der Waals surface area contributed by atoms with Gasteiger partial charge in [-0.3, -0.25) is 4.79 Å². The van der Waals surface area contributed by atoms with Crippen molar-refractivity contribution in [1.82, 2.24) is 4.90 Å². The average molecular weight is 185 g/mol. The number of nitrogens with zero attached hydrogens (tertiary/aromatic N) is 1. The third-order valence-corrected chi connectivity index (χ3v) is 2.89. The van der Waals surface area contributed by atoms with Crippen LogP contribution in [0.4, 0.5) is 0 Å². The van der Waals surface area contributed by atoms with Crippen LogP contribution in [0.25, 0.3) is 0 Å². The molecule has 1 aliphatic carbocycles. The van der Waals surface area contributed by atoms with Gasteiger partial charge in [0.1, 0.15) is 0 Å². The van der Waals surface area contributed by atoms with Crippen LogP contribution in [0.3, 0.4) is 0 Å². The third kappa shape index (κ3) is 2.21. The van der Waals surface area contributed by atoms with Crippen molar-refractivity contribution in [1.29, 1.82) is 0 Å². The molecule has 0 atom stereocenters. The molecule has 1 aliphatic rings. The molecule has 0 bridgehead atoms. The Morgan fingerprint density at radius 2 is 1.92 bits per heavy atom. The summed E-state index contributed by atoms with van der Waals surface area (Å²) in [4.78, 5) is 13.7. The minimum absolute atomic E-state index is 0.0283. The molecule has 0 radical (unpaired) electrons. The monoisotopic (exact) mass is 185 g/mol. The molecule has 0 aliphatic heterocycles. The van der Waals surface area contributed by atoms with Crippen molar-refractivity contribution in [2.45, 2.75) is 26.7 Å². The number of esters is 1. The molecule has 0 heterocycles. The minimum atomic E-state index is -0.152. The molecule has 76 valence electrons. The first-order valence-electron chi connectivity index (χ1n) is 4.99. The van der Waals surface area contributed by atoms with E-state index in [1.54, 1.807) is 0 Å². The molecule has 0 aromatic carbocycles. The minimum Gasteiger partial charge on any atom is -0.469 e. The lowest BCUT2D eigenvalue weighted by atomic mass is 10.1. The second-order valence-corrected chi connectivity index (χ2v) is 3.73. The topological polar surface area (TPSA) is 29.5 Å². The molecule has 13 heavy (non-hydrogen) atoms. The summed E-state index contributed by atoms with van der Waals surface area (Å²) in [6, 6.07) is 0. The predicted octanol–water partition coefficient (Wildman–Crippen LogP) is 1.28. The number of rotatable bonds is 5. The first kappa shape index (κ1) is 10.5. The van der Waals surface area contributed by atoms with Crippen molar-refractivity contribution in [3.8, 4) is 0 Å². The molecular formula is C10H19NO2. The van der Waals surface area contributed by atoms with E-state index >= 15 is 0 Å². The smallest absolute Gasteiger partial charge is 0.313 e. The van der Waals surface area contributed by atoms with E-state index in [9.17, 15) is 4.79 Å². The van der Waals surface area contributed by atoms with Crippen LogP contribution >= 0.6 is 0 Å². The highest BCUT2D eigenvalue weighted by Crippen LogP contribution is 2.47. The number of carbonyl (C=O) groups is 1. The van der Waals surface area contributed by atoms with E-state index in [4.69, 9.17) is 4.74 Å². The summed E-state index contributed by atoms with van der Waals surface area (Å²) in [6.07, 6.45) is 1.99. The van der Waals surface area contributed by atoms with Gasteiger partial charge < -0.3 is 9.64 Å². The van der Waals surface area contributed by atoms with Crippen LogP contribution < -0.4 is 0 Å². The van der Waals surface area contributed by atoms with Crippen molar-refractivity contribution in [2.75, 3.05) is 26.7 Å². The Morgan fingerprint density at radius 1 is 1.38 bits per heavy atom. The molecule has 0 amide bonds. The van der Waals surface area contributed by atoms with Gasteiger partial charge in [-0.15, -0.1) is 0 Å². The van der Waals surface area contributed by atoms with Crippen molar-refractivity contribution in [3.05, 3.63) is 0 Å². The van der Waals surface area contributed by atoms with Gasteiger partial charge in [0.15, 0.2) is 0 Å². The van der Waals surface area contributed by atoms with E-state index in [-0.39, 0.29) is 11.4 Å². The van der Waals surface area contributed by atoms with Crippen LogP contribution in [0.15, 0.2) is 0 Å². The highest BCUT2D eigenvalue weighted by molar-refractivity contribution is 5.80. The molecule has 3 nitrogen and oxygen atoms in total. The number of methoxy groups -OCH3 is 1. The normalized spacial score (nSPS) is 18.8. The Kier molecular flexibility index (Phi) is 3.31. The first-order valence-corrected chi connectivity index (χ1v) is 4.99. The number of ether oxygens (including phenoxy) is 1. The summed E-state index contributed by atoms with van der Waals surface area (Å²) in [5.41, 5.74) is -0.152. The Morgan fingerprint density at radius 3 is 2.23 bits per heavy atom. The fourth-order valence-electron chi connectivity index (χ4n) is 1.67. The molecule has 3 heteroatoms. The Balaban J connectivity index is 2.47. The van der Waals surface area contributed by atoms with E-state index in [2.05, 4.69) is 18.7 Å². The summed E-state index contributed by atoms with van der Waals surface area (Å²) in [5, 5.41) is 0. The van der Waals surface area contributed by atoms with Gasteiger partial charge in [0.25, 0.3) is 0 Å². The zero-order valence-corrected chi connectivity index (χ0v) is 8.80. The van der Waals surface area contributed by atoms with Crippen LogP contribution in [0, 0.1) is 5.41 Å². The maximum atomic E-state index is 11.4. The molecule has 0 N–H and O–H groups in total. The largest absolute Gasteiger partial charge is 0.469 e. The lowest BCUT2D eigenvalue weighted by Gasteiger charge is -2.23. The highest BCUT2D eigenvalue weighted by atomic mass is 16.5. The maximum Gasteiger partial charge on any atom is 0.313 e. The van der Waals surface area contributed by atoms with Gasteiger partial charge in [-0.05, 0) is 25.9 Å². The van der Waals surface area contributed by atoms with Crippen LogP contribution in [-0.2, 0) is 9.53 Å². The van der Waals surface area contributed by atoms with Gasteiger partial charge in [0, 0.05) is 6.54 Å². The number of carbonyl (C=O) groups excluding carboxylic acids is 1. The molecule has 0 unspecified atom stereocenters. The van der Waals surface area contributed by atoms with Gasteiger partial charge >= 0.3 is 5.97 Å². The summed E-state index contributed by atoms with van der Waals surface area (Å²) in [6.45, 7) is 7.13. The molecule has 0 spiro atoms. The van der Waals surface area contributed by atoms with Gasteiger partial charge in [0.05, 0.1) is 12.5 Å². The first-order chi connectivity index (χ1) is 6.18. The third-order valence-electron chi connectivity index (χ3n) is 2.89. The molecule has 1 fully saturated rings. The van der Waals surface area contributed by atoms with Gasteiger partial charge in [-0.25, -0.2) is 0 Å². The highest BCUT2D eigenvalue weighted by Gasteiger charge is 2.51. The molecule has 0 saturated heterocycles. The number of hydrogen-bond donors (Lipinski definition) is 0. The summed E-state index contributed by atoms with van der Waals surface area (Å²) in [7, 11) is 1.48. The second kappa shape index (κ2) is 4.09. The van der Waals surface area contributed by atoms with Crippen LogP contribution in [0.5, 0.6) is 0 Å². The Bertz CT molecular complexity index is 183. The number of hydrogen-bond acceptors (Lipinski definition) is 3. The van der Waals surface area contributed by atoms with Gasteiger partial charge in [-0.2, -0.15) is 0 Å². The molecule has 1 saturated carbocycles. The van der Waals surface area contributed by atoms with Crippen LogP contribution in [0.1, 0.15) is 26.7 Å². The molecule has 0 aromatic heterocycles. The fourth-order valence-corrected chi connectivity index (χ4v) is 1.67. The van der Waals surface area contributed by atoms with E-state index in [1.165, 1.54) is 7.11 Å². The van der Waals surface area contributed by atoms with Crippen LogP contribution in [0.2, 0.25) is 0 Å². The zero-order valence-electron chi connectivity index (χ0n) is 8.80. The second-order valence-electron chi connectivity index (χ2n) is 3.73. The van der Waals surface area contributed by atoms with Gasteiger partial charge in [0.2, 0.25) is 0 Å². The lowest BCUT2D eigenvalue weighted by Crippen LogP contribution is -2.34. The van der Waals surface area contributed by atoms with Gasteiger partial charge in [-0.1, -0.05) is 13.8 Å². The van der Waals surface area contributed by atoms with E-state index < -0.39 is 0 Å². The summed E-state index contributed by atoms with van der Waals surface area (Å²) < 4.78 is 4.80. The average Bonchev–Trinajstić information content (AvgIpc) is 2.94. The molecular weight excluding hydrogens is 166 g/mol. The SMILES string of the molecule is CCN(CC)CC1(C(=O)OC)CC1. The standard InChI is InChI=1S/C10H19NO2/c1-4-11(5-2)8-10(6-7-10)9(12)13-3/h4-8H2,1-3H3. The Labute approximate surface area is 80.1 Å². The predicted molar refractivity (Wildman–Crippen MR) is 51.5 cm³/mol. The van der Waals surface area contributed by atoms with Crippen molar-refractivity contribution >= 4 is 5.97 Å². The van der Waals surface area contributed by atoms with Crippen molar-refractivity contribution in [3.63, 3.8) is 0 Å². The van der Waals surface area contributed by atoms with Crippen molar-refractivity contribution in [2.24, 2.45) is 5.41 Å². The van der Waals surface area contributed by atoms with Crippen LogP contribution in [-0.4, -0.2) is 37.6 Å².